The van der Waals surface area contributed by atoms with Crippen molar-refractivity contribution in [1.82, 2.24) is 0 Å². The molecule has 3 saturated carbocycles. The van der Waals surface area contributed by atoms with E-state index in [9.17, 15) is 0 Å². The lowest BCUT2D eigenvalue weighted by Gasteiger charge is -2.58. The van der Waals surface area contributed by atoms with E-state index in [0.717, 1.165) is 67.8 Å². The second-order valence-electron chi connectivity index (χ2n) is 21.8. The molecule has 4 nitrogen and oxygen atoms in total. The summed E-state index contributed by atoms with van der Waals surface area (Å²) < 4.78 is 25.2. The van der Waals surface area contributed by atoms with Crippen molar-refractivity contribution in [2.45, 2.75) is 221 Å². The molecule has 0 bridgehead atoms. The Bertz CT molecular complexity index is 1290. The van der Waals surface area contributed by atoms with Crippen molar-refractivity contribution in [3.63, 3.8) is 0 Å². The van der Waals surface area contributed by atoms with E-state index in [1.807, 2.05) is 0 Å². The van der Waals surface area contributed by atoms with E-state index in [1.165, 1.54) is 141 Å². The number of ether oxygens (including phenoxy) is 4. The first-order valence-corrected chi connectivity index (χ1v) is 26.8. The molecule has 0 radical (unpaired) electrons. The molecule has 0 aromatic rings. The molecule has 0 N–H and O–H groups in total. The molecule has 0 heterocycles. The van der Waals surface area contributed by atoms with Crippen molar-refractivity contribution in [1.29, 1.82) is 0 Å². The Morgan fingerprint density at radius 1 is 0.689 bits per heavy atom. The van der Waals surface area contributed by atoms with Gasteiger partial charge in [0.1, 0.15) is 0 Å². The van der Waals surface area contributed by atoms with Gasteiger partial charge >= 0.3 is 0 Å². The van der Waals surface area contributed by atoms with Crippen molar-refractivity contribution in [2.75, 3.05) is 39.6 Å². The summed E-state index contributed by atoms with van der Waals surface area (Å²) >= 11 is 0. The van der Waals surface area contributed by atoms with Crippen LogP contribution < -0.4 is 0 Å². The first-order valence-electron chi connectivity index (χ1n) is 26.8. The normalized spacial score (nSPS) is 30.0. The minimum Gasteiger partial charge on any atom is -0.379 e. The highest BCUT2D eigenvalue weighted by molar-refractivity contribution is 5.25. The van der Waals surface area contributed by atoms with Crippen LogP contribution in [-0.2, 0) is 18.9 Å². The van der Waals surface area contributed by atoms with Crippen molar-refractivity contribution in [2.24, 2.45) is 52.3 Å². The average molecular weight is 847 g/mol. The van der Waals surface area contributed by atoms with Crippen LogP contribution in [0.4, 0.5) is 0 Å². The van der Waals surface area contributed by atoms with Gasteiger partial charge in [-0.1, -0.05) is 147 Å². The fraction of sp³-hybridized carbons (Fsp3) is 0.860. The molecule has 4 unspecified atom stereocenters. The predicted octanol–water partition coefficient (Wildman–Crippen LogP) is 16.0. The minimum absolute atomic E-state index is 0.158. The second-order valence-corrected chi connectivity index (χ2v) is 21.8. The predicted molar refractivity (Wildman–Crippen MR) is 260 cm³/mol. The molecule has 61 heavy (non-hydrogen) atoms. The van der Waals surface area contributed by atoms with Gasteiger partial charge in [-0.25, -0.2) is 0 Å². The van der Waals surface area contributed by atoms with Crippen LogP contribution in [0, 0.1) is 52.3 Å². The maximum Gasteiger partial charge on any atom is 0.0812 e. The quantitative estimate of drug-likeness (QED) is 0.0499. The smallest absolute Gasteiger partial charge is 0.0812 e. The zero-order valence-electron chi connectivity index (χ0n) is 41.0. The highest BCUT2D eigenvalue weighted by Crippen LogP contribution is 2.67. The molecule has 5 rings (SSSR count). The van der Waals surface area contributed by atoms with Crippen LogP contribution in [0.25, 0.3) is 0 Å². The molecule has 0 amide bonds. The van der Waals surface area contributed by atoms with Gasteiger partial charge in [0, 0.05) is 6.61 Å². The lowest BCUT2D eigenvalue weighted by atomic mass is 9.47. The number of hydrogen-bond acceptors (Lipinski definition) is 4. The maximum atomic E-state index is 6.51. The highest BCUT2D eigenvalue weighted by Gasteiger charge is 2.59. The van der Waals surface area contributed by atoms with Crippen LogP contribution in [0.3, 0.4) is 0 Å². The summed E-state index contributed by atoms with van der Waals surface area (Å²) in [6.45, 7) is 19.2. The summed E-state index contributed by atoms with van der Waals surface area (Å²) in [5.41, 5.74) is 2.68. The van der Waals surface area contributed by atoms with Gasteiger partial charge in [0.25, 0.3) is 0 Å². The average Bonchev–Trinajstić information content (AvgIpc) is 3.90. The molecule has 0 spiro atoms. The second kappa shape index (κ2) is 28.0. The van der Waals surface area contributed by atoms with Gasteiger partial charge in [0.05, 0.1) is 45.2 Å². The van der Waals surface area contributed by atoms with Gasteiger partial charge in [-0.05, 0) is 161 Å². The highest BCUT2D eigenvalue weighted by atomic mass is 16.6. The number of unbranched alkanes of at least 4 members (excludes halogenated alkanes) is 9. The van der Waals surface area contributed by atoms with Gasteiger partial charge in [-0.3, -0.25) is 0 Å². The van der Waals surface area contributed by atoms with E-state index >= 15 is 0 Å². The van der Waals surface area contributed by atoms with Crippen molar-refractivity contribution in [3.05, 3.63) is 48.1 Å². The number of allylic oxidation sites excluding steroid dienone is 7. The summed E-state index contributed by atoms with van der Waals surface area (Å²) in [4.78, 5) is 0. The fourth-order valence-corrected chi connectivity index (χ4v) is 13.3. The molecule has 350 valence electrons. The molecule has 0 aromatic heterocycles. The number of rotatable bonds is 32. The van der Waals surface area contributed by atoms with E-state index in [-0.39, 0.29) is 6.10 Å². The first kappa shape index (κ1) is 50.8. The number of hydrogen-bond donors (Lipinski definition) is 0. The lowest BCUT2D eigenvalue weighted by molar-refractivity contribution is -0.0728. The monoisotopic (exact) mass is 847 g/mol. The standard InChI is InChI=1S/C57H98O4/c1-7-8-9-10-11-12-13-14-15-16-17-18-19-20-21-24-38-59-45-51(43-48-28-22-23-29-48)61-42-40-58-39-41-60-50-34-36-56(5)49(44-50)30-31-52-54-33-32-53(47(4)27-25-26-46(2)3)57(54,6)37-35-55(52)56/h11-12,14-15,22-23,30,46-48,50-55H,7-10,13,16-21,24-29,31-45H2,1-6H3/t47-,50+,51?,52?,53-,54?,55?,56+,57-/m1/s1. The minimum atomic E-state index is 0.158. The van der Waals surface area contributed by atoms with Crippen LogP contribution in [0.5, 0.6) is 0 Å². The molecule has 5 aliphatic carbocycles. The fourth-order valence-electron chi connectivity index (χ4n) is 13.3. The van der Waals surface area contributed by atoms with E-state index in [4.69, 9.17) is 18.9 Å². The Kier molecular flexibility index (Phi) is 23.3. The Morgan fingerprint density at radius 2 is 1.43 bits per heavy atom. The summed E-state index contributed by atoms with van der Waals surface area (Å²) in [5, 5.41) is 0. The van der Waals surface area contributed by atoms with Crippen molar-refractivity contribution in [3.8, 4) is 0 Å². The van der Waals surface area contributed by atoms with E-state index in [0.29, 0.717) is 55.9 Å². The molecule has 0 saturated heterocycles. The third-order valence-electron chi connectivity index (χ3n) is 16.9. The Morgan fingerprint density at radius 3 is 2.20 bits per heavy atom. The van der Waals surface area contributed by atoms with Gasteiger partial charge in [0.2, 0.25) is 0 Å². The summed E-state index contributed by atoms with van der Waals surface area (Å²) in [5.74, 6) is 6.06. The van der Waals surface area contributed by atoms with Gasteiger partial charge < -0.3 is 18.9 Å². The number of fused-ring (bicyclic) bond motifs is 5. The van der Waals surface area contributed by atoms with Crippen LogP contribution in [-0.4, -0.2) is 51.8 Å². The topological polar surface area (TPSA) is 36.9 Å². The van der Waals surface area contributed by atoms with E-state index in [1.54, 1.807) is 5.57 Å². The third kappa shape index (κ3) is 16.3. The van der Waals surface area contributed by atoms with Gasteiger partial charge in [-0.15, -0.1) is 0 Å². The lowest BCUT2D eigenvalue weighted by Crippen LogP contribution is -2.51. The zero-order chi connectivity index (χ0) is 43.2. The van der Waals surface area contributed by atoms with Gasteiger partial charge in [0.15, 0.2) is 0 Å². The van der Waals surface area contributed by atoms with Crippen molar-refractivity contribution < 1.29 is 18.9 Å². The van der Waals surface area contributed by atoms with Crippen molar-refractivity contribution >= 4 is 0 Å². The van der Waals surface area contributed by atoms with Crippen LogP contribution in [0.15, 0.2) is 48.1 Å². The SMILES string of the molecule is CCCCCC=CCC=CCCCCCCCCOCC(CC1CC=CC1)OCCOCCO[C@H]1CC[C@@]2(C)C(=CCC3C2CC[C@@]2(C)C3CC[C@@H]2[C@H](C)CCCC(C)C)C1. The Hall–Kier alpha value is -1.20. The Balaban J connectivity index is 0.901. The van der Waals surface area contributed by atoms with Gasteiger partial charge in [-0.2, -0.15) is 0 Å². The van der Waals surface area contributed by atoms with Crippen LogP contribution >= 0.6 is 0 Å². The molecule has 0 aliphatic heterocycles. The maximum absolute atomic E-state index is 6.51. The summed E-state index contributed by atoms with van der Waals surface area (Å²) in [6, 6.07) is 0. The largest absolute Gasteiger partial charge is 0.379 e. The van der Waals surface area contributed by atoms with E-state index < -0.39 is 0 Å². The molecule has 4 heteroatoms. The molecular weight excluding hydrogens is 749 g/mol. The molecule has 5 aliphatic rings. The first-order chi connectivity index (χ1) is 29.7. The molecule has 0 aromatic carbocycles. The van der Waals surface area contributed by atoms with E-state index in [2.05, 4.69) is 84.1 Å². The third-order valence-corrected chi connectivity index (χ3v) is 16.9. The molecular formula is C57H98O4. The van der Waals surface area contributed by atoms with Crippen LogP contribution in [0.1, 0.15) is 208 Å². The Labute approximate surface area is 378 Å². The zero-order valence-corrected chi connectivity index (χ0v) is 41.0. The molecule has 3 fully saturated rings. The summed E-state index contributed by atoms with van der Waals surface area (Å²) in [7, 11) is 0. The molecule has 9 atom stereocenters. The summed E-state index contributed by atoms with van der Waals surface area (Å²) in [6.07, 6.45) is 51.1. The van der Waals surface area contributed by atoms with Crippen LogP contribution in [0.2, 0.25) is 0 Å².